The highest BCUT2D eigenvalue weighted by atomic mass is 35.5. The van der Waals surface area contributed by atoms with Crippen LogP contribution in [0.1, 0.15) is 23.8 Å². The molecule has 0 atom stereocenters. The van der Waals surface area contributed by atoms with Gasteiger partial charge < -0.3 is 10.2 Å². The molecule has 0 aliphatic heterocycles. The predicted octanol–water partition coefficient (Wildman–Crippen LogP) is 2.21. The highest BCUT2D eigenvalue weighted by molar-refractivity contribution is 6.31. The molecule has 1 heterocycles. The Balaban J connectivity index is 2.04. The van der Waals surface area contributed by atoms with Crippen molar-refractivity contribution in [3.8, 4) is 0 Å². The van der Waals surface area contributed by atoms with E-state index in [-0.39, 0.29) is 0 Å². The van der Waals surface area contributed by atoms with Crippen LogP contribution in [-0.2, 0) is 12.8 Å². The second-order valence-corrected chi connectivity index (χ2v) is 4.16. The lowest BCUT2D eigenvalue weighted by atomic mass is 10.1. The number of halogens is 1. The normalized spacial score (nSPS) is 10.7. The highest BCUT2D eigenvalue weighted by Crippen LogP contribution is 2.18. The van der Waals surface area contributed by atoms with Crippen LogP contribution in [0, 0.1) is 0 Å². The Hall–Kier alpha value is -1.39. The Kier molecular flexibility index (Phi) is 4.12. The van der Waals surface area contributed by atoms with Gasteiger partial charge in [-0.05, 0) is 24.6 Å². The maximum Gasteiger partial charge on any atom is 0.220 e. The molecule has 0 spiro atoms. The summed E-state index contributed by atoms with van der Waals surface area (Å²) >= 11 is 6.06. The van der Waals surface area contributed by atoms with Crippen molar-refractivity contribution in [3.05, 3.63) is 46.6 Å². The maximum atomic E-state index is 6.06. The van der Waals surface area contributed by atoms with Crippen LogP contribution < -0.4 is 5.73 Å². The SMILES string of the molecule is NCCCc1nnc(Cc2ccccc2Cl)o1. The summed E-state index contributed by atoms with van der Waals surface area (Å²) < 4.78 is 5.51. The molecule has 0 unspecified atom stereocenters. The minimum atomic E-state index is 0.565. The van der Waals surface area contributed by atoms with Crippen molar-refractivity contribution >= 4 is 11.6 Å². The average Bonchev–Trinajstić information content (AvgIpc) is 2.77. The van der Waals surface area contributed by atoms with Crippen molar-refractivity contribution in [2.24, 2.45) is 5.73 Å². The maximum absolute atomic E-state index is 6.06. The molecular formula is C12H14ClN3O. The summed E-state index contributed by atoms with van der Waals surface area (Å²) in [5.74, 6) is 1.22. The van der Waals surface area contributed by atoms with Gasteiger partial charge in [0.15, 0.2) is 0 Å². The van der Waals surface area contributed by atoms with E-state index in [4.69, 9.17) is 21.8 Å². The molecule has 0 saturated heterocycles. The first-order valence-electron chi connectivity index (χ1n) is 5.54. The third-order valence-electron chi connectivity index (χ3n) is 2.40. The molecule has 2 rings (SSSR count). The number of rotatable bonds is 5. The number of hydrogen-bond acceptors (Lipinski definition) is 4. The molecular weight excluding hydrogens is 238 g/mol. The molecule has 2 N–H and O–H groups in total. The van der Waals surface area contributed by atoms with Crippen molar-refractivity contribution in [1.82, 2.24) is 10.2 Å². The van der Waals surface area contributed by atoms with E-state index in [0.29, 0.717) is 29.8 Å². The Bertz CT molecular complexity index is 484. The zero-order chi connectivity index (χ0) is 12.1. The Morgan fingerprint density at radius 2 is 1.94 bits per heavy atom. The molecule has 0 amide bonds. The summed E-state index contributed by atoms with van der Waals surface area (Å²) in [6.45, 7) is 0.627. The predicted molar refractivity (Wildman–Crippen MR) is 65.9 cm³/mol. The summed E-state index contributed by atoms with van der Waals surface area (Å²) in [7, 11) is 0. The van der Waals surface area contributed by atoms with Gasteiger partial charge in [-0.2, -0.15) is 0 Å². The minimum Gasteiger partial charge on any atom is -0.425 e. The lowest BCUT2D eigenvalue weighted by Crippen LogP contribution is -2.00. The molecule has 0 bridgehead atoms. The molecule has 1 aromatic carbocycles. The first kappa shape index (κ1) is 12.1. The highest BCUT2D eigenvalue weighted by Gasteiger charge is 2.08. The van der Waals surface area contributed by atoms with Crippen LogP contribution >= 0.6 is 11.6 Å². The van der Waals surface area contributed by atoms with Gasteiger partial charge in [0.1, 0.15) is 0 Å². The van der Waals surface area contributed by atoms with E-state index < -0.39 is 0 Å². The number of nitrogens with zero attached hydrogens (tertiary/aromatic N) is 2. The van der Waals surface area contributed by atoms with Crippen molar-refractivity contribution in [2.75, 3.05) is 6.54 Å². The van der Waals surface area contributed by atoms with E-state index in [0.717, 1.165) is 18.4 Å². The van der Waals surface area contributed by atoms with Crippen molar-refractivity contribution in [1.29, 1.82) is 0 Å². The Morgan fingerprint density at radius 3 is 2.71 bits per heavy atom. The number of benzene rings is 1. The lowest BCUT2D eigenvalue weighted by Gasteiger charge is -1.99. The Labute approximate surface area is 105 Å². The van der Waals surface area contributed by atoms with E-state index in [1.165, 1.54) is 0 Å². The van der Waals surface area contributed by atoms with Crippen LogP contribution in [0.3, 0.4) is 0 Å². The second-order valence-electron chi connectivity index (χ2n) is 3.75. The molecule has 0 fully saturated rings. The van der Waals surface area contributed by atoms with Gasteiger partial charge in [0.25, 0.3) is 0 Å². The quantitative estimate of drug-likeness (QED) is 0.885. The van der Waals surface area contributed by atoms with Crippen molar-refractivity contribution in [2.45, 2.75) is 19.3 Å². The summed E-state index contributed by atoms with van der Waals surface area (Å²) in [5.41, 5.74) is 6.41. The standard InChI is InChI=1S/C12H14ClN3O/c13-10-5-2-1-4-9(10)8-12-16-15-11(17-12)6-3-7-14/h1-2,4-5H,3,6-8,14H2. The molecule has 90 valence electrons. The van der Waals surface area contributed by atoms with Crippen LogP contribution in [0.2, 0.25) is 5.02 Å². The van der Waals surface area contributed by atoms with Crippen molar-refractivity contribution < 1.29 is 4.42 Å². The van der Waals surface area contributed by atoms with Gasteiger partial charge in [-0.15, -0.1) is 10.2 Å². The van der Waals surface area contributed by atoms with E-state index in [9.17, 15) is 0 Å². The van der Waals surface area contributed by atoms with E-state index in [2.05, 4.69) is 10.2 Å². The van der Waals surface area contributed by atoms with E-state index in [1.54, 1.807) is 0 Å². The molecule has 17 heavy (non-hydrogen) atoms. The van der Waals surface area contributed by atoms with Gasteiger partial charge >= 0.3 is 0 Å². The Morgan fingerprint density at radius 1 is 1.18 bits per heavy atom. The van der Waals surface area contributed by atoms with Crippen LogP contribution in [0.4, 0.5) is 0 Å². The first-order valence-corrected chi connectivity index (χ1v) is 5.92. The van der Waals surface area contributed by atoms with E-state index in [1.807, 2.05) is 24.3 Å². The van der Waals surface area contributed by atoms with Crippen LogP contribution in [-0.4, -0.2) is 16.7 Å². The topological polar surface area (TPSA) is 64.9 Å². The first-order chi connectivity index (χ1) is 8.29. The van der Waals surface area contributed by atoms with Gasteiger partial charge in [0, 0.05) is 11.4 Å². The van der Waals surface area contributed by atoms with Crippen molar-refractivity contribution in [3.63, 3.8) is 0 Å². The zero-order valence-corrected chi connectivity index (χ0v) is 10.2. The third kappa shape index (κ3) is 3.28. The molecule has 0 radical (unpaired) electrons. The number of aromatic nitrogens is 2. The lowest BCUT2D eigenvalue weighted by molar-refractivity contribution is 0.453. The number of nitrogens with two attached hydrogens (primary N) is 1. The molecule has 2 aromatic rings. The number of hydrogen-bond donors (Lipinski definition) is 1. The fourth-order valence-corrected chi connectivity index (χ4v) is 1.72. The zero-order valence-electron chi connectivity index (χ0n) is 9.40. The fourth-order valence-electron chi connectivity index (χ4n) is 1.52. The summed E-state index contributed by atoms with van der Waals surface area (Å²) in [5, 5.41) is 8.67. The molecule has 0 aliphatic rings. The molecule has 5 heteroatoms. The average molecular weight is 252 g/mol. The molecule has 4 nitrogen and oxygen atoms in total. The van der Waals surface area contributed by atoms with Crippen LogP contribution in [0.5, 0.6) is 0 Å². The summed E-state index contributed by atoms with van der Waals surface area (Å²) in [6, 6.07) is 7.63. The van der Waals surface area contributed by atoms with Gasteiger partial charge in [-0.25, -0.2) is 0 Å². The smallest absolute Gasteiger partial charge is 0.220 e. The summed E-state index contributed by atoms with van der Waals surface area (Å²) in [6.07, 6.45) is 2.15. The minimum absolute atomic E-state index is 0.565. The molecule has 0 saturated carbocycles. The molecule has 0 aliphatic carbocycles. The number of aryl methyl sites for hydroxylation is 1. The van der Waals surface area contributed by atoms with Gasteiger partial charge in [0.05, 0.1) is 6.42 Å². The monoisotopic (exact) mass is 251 g/mol. The van der Waals surface area contributed by atoms with Crippen LogP contribution in [0.15, 0.2) is 28.7 Å². The molecule has 1 aromatic heterocycles. The van der Waals surface area contributed by atoms with Gasteiger partial charge in [-0.3, -0.25) is 0 Å². The largest absolute Gasteiger partial charge is 0.425 e. The van der Waals surface area contributed by atoms with Gasteiger partial charge in [0.2, 0.25) is 11.8 Å². The van der Waals surface area contributed by atoms with E-state index >= 15 is 0 Å². The fraction of sp³-hybridized carbons (Fsp3) is 0.333. The second kappa shape index (κ2) is 5.80. The summed E-state index contributed by atoms with van der Waals surface area (Å²) in [4.78, 5) is 0. The van der Waals surface area contributed by atoms with Crippen LogP contribution in [0.25, 0.3) is 0 Å². The van der Waals surface area contributed by atoms with Gasteiger partial charge in [-0.1, -0.05) is 29.8 Å². The third-order valence-corrected chi connectivity index (χ3v) is 2.77.